The number of fused-ring (bicyclic) bond motifs is 1. The van der Waals surface area contributed by atoms with Gasteiger partial charge in [0.15, 0.2) is 5.65 Å². The highest BCUT2D eigenvalue weighted by atomic mass is 16.5. The van der Waals surface area contributed by atoms with E-state index < -0.39 is 0 Å². The van der Waals surface area contributed by atoms with Crippen LogP contribution in [0.15, 0.2) is 30.5 Å². The standard InChI is InChI=1S/C28H43N7O2/c1-8-35(9-2)13-11-10-12-29-27-30-18-21-16-24(20-14-22(36-6)17-23(15-20)37-7)26(33-25(21)34-27)31-19-32-28(3,4)5/h14-18,32H,8-13,19H2,1-7H3,(H2,29,30,31,33,34). The number of rotatable bonds is 14. The smallest absolute Gasteiger partial charge is 0.224 e. The first-order valence-electron chi connectivity index (χ1n) is 13.1. The lowest BCUT2D eigenvalue weighted by Crippen LogP contribution is -2.39. The zero-order chi connectivity index (χ0) is 26.8. The molecule has 0 aliphatic heterocycles. The Kier molecular flexibility index (Phi) is 10.3. The molecule has 0 atom stereocenters. The summed E-state index contributed by atoms with van der Waals surface area (Å²) in [7, 11) is 3.30. The number of nitrogens with zero attached hydrogens (tertiary/aromatic N) is 4. The molecule has 3 N–H and O–H groups in total. The topological polar surface area (TPSA) is 96.5 Å². The Labute approximate surface area is 221 Å². The molecule has 3 aromatic rings. The Morgan fingerprint density at radius 2 is 1.59 bits per heavy atom. The SMILES string of the molecule is CCN(CC)CCCCNc1ncc2cc(-c3cc(OC)cc(OC)c3)c(NCNC(C)(C)C)nc2n1. The molecule has 37 heavy (non-hydrogen) atoms. The van der Waals surface area contributed by atoms with Crippen molar-refractivity contribution in [3.8, 4) is 22.6 Å². The molecule has 2 heterocycles. The van der Waals surface area contributed by atoms with Crippen LogP contribution in [-0.2, 0) is 0 Å². The van der Waals surface area contributed by atoms with Crippen molar-refractivity contribution < 1.29 is 9.47 Å². The minimum Gasteiger partial charge on any atom is -0.497 e. The first kappa shape index (κ1) is 28.4. The van der Waals surface area contributed by atoms with Gasteiger partial charge in [-0.2, -0.15) is 4.98 Å². The number of nitrogens with one attached hydrogen (secondary N) is 3. The Balaban J connectivity index is 1.85. The van der Waals surface area contributed by atoms with Crippen LogP contribution in [0.5, 0.6) is 11.5 Å². The minimum absolute atomic E-state index is 0.0340. The van der Waals surface area contributed by atoms with Crippen LogP contribution in [0.4, 0.5) is 11.8 Å². The molecule has 0 aliphatic carbocycles. The summed E-state index contributed by atoms with van der Waals surface area (Å²) in [6, 6.07) is 7.87. The van der Waals surface area contributed by atoms with E-state index in [9.17, 15) is 0 Å². The van der Waals surface area contributed by atoms with E-state index in [1.807, 2.05) is 24.4 Å². The third-order valence-electron chi connectivity index (χ3n) is 6.18. The van der Waals surface area contributed by atoms with Gasteiger partial charge in [-0.1, -0.05) is 13.8 Å². The van der Waals surface area contributed by atoms with Crippen LogP contribution >= 0.6 is 0 Å². The van der Waals surface area contributed by atoms with Gasteiger partial charge in [-0.3, -0.25) is 5.32 Å². The van der Waals surface area contributed by atoms with E-state index in [2.05, 4.69) is 66.5 Å². The Morgan fingerprint density at radius 3 is 2.22 bits per heavy atom. The molecule has 0 bridgehead atoms. The van der Waals surface area contributed by atoms with Crippen LogP contribution < -0.4 is 25.4 Å². The van der Waals surface area contributed by atoms with Gasteiger partial charge >= 0.3 is 0 Å². The molecule has 1 aromatic carbocycles. The van der Waals surface area contributed by atoms with Gasteiger partial charge in [-0.15, -0.1) is 0 Å². The van der Waals surface area contributed by atoms with Gasteiger partial charge in [0.25, 0.3) is 0 Å². The van der Waals surface area contributed by atoms with Gasteiger partial charge in [0, 0.05) is 35.3 Å². The molecule has 2 aromatic heterocycles. The maximum absolute atomic E-state index is 5.50. The average Bonchev–Trinajstić information content (AvgIpc) is 2.89. The zero-order valence-electron chi connectivity index (χ0n) is 23.4. The lowest BCUT2D eigenvalue weighted by molar-refractivity contribution is 0.298. The minimum atomic E-state index is -0.0340. The van der Waals surface area contributed by atoms with E-state index in [0.29, 0.717) is 29.8 Å². The van der Waals surface area contributed by atoms with Gasteiger partial charge in [-0.05, 0) is 77.0 Å². The maximum atomic E-state index is 5.50. The molecule has 0 amide bonds. The normalized spacial score (nSPS) is 11.7. The lowest BCUT2D eigenvalue weighted by atomic mass is 10.0. The predicted molar refractivity (Wildman–Crippen MR) is 153 cm³/mol. The molecule has 0 saturated heterocycles. The highest BCUT2D eigenvalue weighted by molar-refractivity contribution is 5.88. The number of benzene rings is 1. The quantitative estimate of drug-likeness (QED) is 0.205. The van der Waals surface area contributed by atoms with Gasteiger partial charge in [0.1, 0.15) is 17.3 Å². The number of hydrogen-bond acceptors (Lipinski definition) is 9. The van der Waals surface area contributed by atoms with Crippen LogP contribution in [-0.4, -0.2) is 72.5 Å². The molecule has 0 unspecified atom stereocenters. The molecule has 9 nitrogen and oxygen atoms in total. The molecule has 3 rings (SSSR count). The summed E-state index contributed by atoms with van der Waals surface area (Å²) in [6.45, 7) is 15.5. The number of methoxy groups -OCH3 is 2. The average molecular weight is 510 g/mol. The molecular weight excluding hydrogens is 466 g/mol. The Hall–Kier alpha value is -3.17. The second-order valence-corrected chi connectivity index (χ2v) is 10.0. The number of unbranched alkanes of at least 4 members (excludes halogenated alkanes) is 1. The van der Waals surface area contributed by atoms with Gasteiger partial charge in [-0.25, -0.2) is 9.97 Å². The van der Waals surface area contributed by atoms with Gasteiger partial charge in [0.2, 0.25) is 5.95 Å². The highest BCUT2D eigenvalue weighted by Gasteiger charge is 2.15. The van der Waals surface area contributed by atoms with E-state index in [1.54, 1.807) is 14.2 Å². The second-order valence-electron chi connectivity index (χ2n) is 10.0. The molecule has 0 radical (unpaired) electrons. The van der Waals surface area contributed by atoms with Crippen molar-refractivity contribution >= 4 is 22.8 Å². The second kappa shape index (κ2) is 13.4. The predicted octanol–water partition coefficient (Wildman–Crippen LogP) is 5.00. The molecule has 202 valence electrons. The van der Waals surface area contributed by atoms with Crippen LogP contribution in [0.2, 0.25) is 0 Å². The summed E-state index contributed by atoms with van der Waals surface area (Å²) in [6.07, 6.45) is 4.03. The van der Waals surface area contributed by atoms with Crippen molar-refractivity contribution in [1.82, 2.24) is 25.2 Å². The summed E-state index contributed by atoms with van der Waals surface area (Å²) in [5, 5.41) is 11.1. The largest absolute Gasteiger partial charge is 0.497 e. The van der Waals surface area contributed by atoms with Crippen LogP contribution in [0.1, 0.15) is 47.5 Å². The first-order valence-corrected chi connectivity index (χ1v) is 13.1. The zero-order valence-corrected chi connectivity index (χ0v) is 23.4. The van der Waals surface area contributed by atoms with E-state index in [1.165, 1.54) is 0 Å². The molecule has 0 spiro atoms. The van der Waals surface area contributed by atoms with Crippen molar-refractivity contribution in [2.45, 2.75) is 53.0 Å². The fourth-order valence-corrected chi connectivity index (χ4v) is 3.96. The van der Waals surface area contributed by atoms with Crippen molar-refractivity contribution in [2.75, 3.05) is 57.7 Å². The molecule has 0 fully saturated rings. The van der Waals surface area contributed by atoms with E-state index >= 15 is 0 Å². The number of ether oxygens (including phenoxy) is 2. The number of anilines is 2. The van der Waals surface area contributed by atoms with Gasteiger partial charge in [0.05, 0.1) is 20.9 Å². The number of aromatic nitrogens is 3. The molecule has 0 saturated carbocycles. The highest BCUT2D eigenvalue weighted by Crippen LogP contribution is 2.35. The van der Waals surface area contributed by atoms with Gasteiger partial charge < -0.3 is 25.0 Å². The van der Waals surface area contributed by atoms with E-state index in [-0.39, 0.29) is 5.54 Å². The van der Waals surface area contributed by atoms with Crippen molar-refractivity contribution in [3.63, 3.8) is 0 Å². The van der Waals surface area contributed by atoms with Crippen molar-refractivity contribution in [2.24, 2.45) is 0 Å². The van der Waals surface area contributed by atoms with Crippen LogP contribution in [0, 0.1) is 0 Å². The van der Waals surface area contributed by atoms with Crippen LogP contribution in [0.3, 0.4) is 0 Å². The summed E-state index contributed by atoms with van der Waals surface area (Å²) in [5.41, 5.74) is 2.45. The Morgan fingerprint density at radius 1 is 0.892 bits per heavy atom. The monoisotopic (exact) mass is 509 g/mol. The fraction of sp³-hybridized carbons (Fsp3) is 0.536. The molecule has 0 aliphatic rings. The Bertz CT molecular complexity index is 1120. The summed E-state index contributed by atoms with van der Waals surface area (Å²) in [4.78, 5) is 16.6. The first-order chi connectivity index (χ1) is 17.8. The third kappa shape index (κ3) is 8.43. The lowest BCUT2D eigenvalue weighted by Gasteiger charge is -2.22. The number of hydrogen-bond donors (Lipinski definition) is 3. The fourth-order valence-electron chi connectivity index (χ4n) is 3.96. The maximum Gasteiger partial charge on any atom is 0.224 e. The van der Waals surface area contributed by atoms with Crippen molar-refractivity contribution in [1.29, 1.82) is 0 Å². The summed E-state index contributed by atoms with van der Waals surface area (Å²) in [5.74, 6) is 2.75. The van der Waals surface area contributed by atoms with E-state index in [0.717, 1.165) is 61.4 Å². The molecular formula is C28H43N7O2. The van der Waals surface area contributed by atoms with E-state index in [4.69, 9.17) is 19.4 Å². The number of pyridine rings is 1. The van der Waals surface area contributed by atoms with Crippen molar-refractivity contribution in [3.05, 3.63) is 30.5 Å². The molecule has 9 heteroatoms. The summed E-state index contributed by atoms with van der Waals surface area (Å²) < 4.78 is 11.0. The summed E-state index contributed by atoms with van der Waals surface area (Å²) >= 11 is 0. The third-order valence-corrected chi connectivity index (χ3v) is 6.18. The van der Waals surface area contributed by atoms with Crippen LogP contribution in [0.25, 0.3) is 22.2 Å².